The van der Waals surface area contributed by atoms with Crippen molar-refractivity contribution in [2.45, 2.75) is 24.7 Å². The molecule has 1 fully saturated rings. The van der Waals surface area contributed by atoms with E-state index in [1.54, 1.807) is 4.90 Å². The van der Waals surface area contributed by atoms with E-state index in [4.69, 9.17) is 0 Å². The van der Waals surface area contributed by atoms with Gasteiger partial charge in [-0.25, -0.2) is 12.8 Å². The number of nitrogens with one attached hydrogen (secondary N) is 1. The van der Waals surface area contributed by atoms with Gasteiger partial charge in [0, 0.05) is 45.7 Å². The summed E-state index contributed by atoms with van der Waals surface area (Å²) in [4.78, 5) is 14.0. The van der Waals surface area contributed by atoms with E-state index in [-0.39, 0.29) is 23.8 Å². The fourth-order valence-electron chi connectivity index (χ4n) is 2.65. The van der Waals surface area contributed by atoms with E-state index in [1.165, 1.54) is 16.4 Å². The predicted molar refractivity (Wildman–Crippen MR) is 89.5 cm³/mol. The van der Waals surface area contributed by atoms with Crippen molar-refractivity contribution in [1.29, 1.82) is 0 Å². The molecule has 1 saturated heterocycles. The molecule has 0 spiro atoms. The lowest BCUT2D eigenvalue weighted by molar-refractivity contribution is -0.131. The summed E-state index contributed by atoms with van der Waals surface area (Å²) in [6, 6.07) is 4.77. The van der Waals surface area contributed by atoms with Crippen molar-refractivity contribution < 1.29 is 17.6 Å². The van der Waals surface area contributed by atoms with Crippen molar-refractivity contribution in [3.63, 3.8) is 0 Å². The summed E-state index contributed by atoms with van der Waals surface area (Å²) in [5, 5.41) is 3.17. The van der Waals surface area contributed by atoms with Crippen LogP contribution in [0.4, 0.5) is 4.39 Å². The van der Waals surface area contributed by atoms with Crippen LogP contribution in [0.15, 0.2) is 29.2 Å². The number of hydrogen-bond donors (Lipinski definition) is 1. The molecule has 0 atom stereocenters. The Morgan fingerprint density at radius 2 is 1.83 bits per heavy atom. The van der Waals surface area contributed by atoms with Crippen LogP contribution in [0, 0.1) is 5.82 Å². The van der Waals surface area contributed by atoms with Gasteiger partial charge in [-0.15, -0.1) is 0 Å². The van der Waals surface area contributed by atoms with Crippen molar-refractivity contribution in [3.05, 3.63) is 30.1 Å². The van der Waals surface area contributed by atoms with Crippen molar-refractivity contribution >= 4 is 15.9 Å². The fourth-order valence-corrected chi connectivity index (χ4v) is 4.18. The van der Waals surface area contributed by atoms with Crippen LogP contribution in [0.5, 0.6) is 0 Å². The molecular formula is C16H24FN3O3S. The monoisotopic (exact) mass is 357 g/mol. The molecule has 0 bridgehead atoms. The lowest BCUT2D eigenvalue weighted by atomic mass is 10.3. The number of halogens is 1. The summed E-state index contributed by atoms with van der Waals surface area (Å²) in [7, 11) is -3.72. The third kappa shape index (κ3) is 4.75. The largest absolute Gasteiger partial charge is 0.340 e. The van der Waals surface area contributed by atoms with Crippen LogP contribution in [0.2, 0.25) is 0 Å². The van der Waals surface area contributed by atoms with Crippen LogP contribution < -0.4 is 5.32 Å². The number of rotatable bonds is 7. The minimum atomic E-state index is -3.72. The number of sulfonamides is 1. The topological polar surface area (TPSA) is 69.7 Å². The van der Waals surface area contributed by atoms with Gasteiger partial charge >= 0.3 is 0 Å². The first-order valence-electron chi connectivity index (χ1n) is 8.19. The molecule has 1 aromatic rings. The van der Waals surface area contributed by atoms with E-state index in [2.05, 4.69) is 5.32 Å². The molecule has 0 aromatic heterocycles. The highest BCUT2D eigenvalue weighted by Gasteiger charge is 2.25. The van der Waals surface area contributed by atoms with E-state index in [0.717, 1.165) is 25.2 Å². The summed E-state index contributed by atoms with van der Waals surface area (Å²) < 4.78 is 39.7. The minimum Gasteiger partial charge on any atom is -0.340 e. The van der Waals surface area contributed by atoms with Crippen LogP contribution in [-0.4, -0.2) is 62.8 Å². The van der Waals surface area contributed by atoms with Gasteiger partial charge in [-0.1, -0.05) is 6.92 Å². The van der Waals surface area contributed by atoms with Gasteiger partial charge in [-0.05, 0) is 30.7 Å². The molecule has 6 nitrogen and oxygen atoms in total. The van der Waals surface area contributed by atoms with E-state index in [9.17, 15) is 17.6 Å². The molecule has 1 heterocycles. The highest BCUT2D eigenvalue weighted by Crippen LogP contribution is 2.17. The standard InChI is InChI=1S/C16H24FN3O3S/c1-2-10-20(11-7-16(21)19-12-8-18-9-13-19)24(22,23)15-5-3-14(17)4-6-15/h3-6,18H,2,7-13H2,1H3. The number of benzene rings is 1. The normalized spacial score (nSPS) is 15.7. The molecule has 1 N–H and O–H groups in total. The SMILES string of the molecule is CCCN(CCC(=O)N1CCNCC1)S(=O)(=O)c1ccc(F)cc1. The third-order valence-corrected chi connectivity index (χ3v) is 5.88. The highest BCUT2D eigenvalue weighted by molar-refractivity contribution is 7.89. The second-order valence-corrected chi connectivity index (χ2v) is 7.68. The first-order valence-corrected chi connectivity index (χ1v) is 9.63. The minimum absolute atomic E-state index is 0.0353. The molecule has 0 aliphatic carbocycles. The molecule has 1 amide bonds. The van der Waals surface area contributed by atoms with E-state index >= 15 is 0 Å². The van der Waals surface area contributed by atoms with Crippen molar-refractivity contribution in [3.8, 4) is 0 Å². The van der Waals surface area contributed by atoms with Gasteiger partial charge in [0.15, 0.2) is 0 Å². The van der Waals surface area contributed by atoms with E-state index in [0.29, 0.717) is 26.1 Å². The molecule has 1 aliphatic rings. The zero-order valence-corrected chi connectivity index (χ0v) is 14.7. The average molecular weight is 357 g/mol. The Morgan fingerprint density at radius 3 is 2.42 bits per heavy atom. The van der Waals surface area contributed by atoms with Gasteiger partial charge in [0.25, 0.3) is 0 Å². The van der Waals surface area contributed by atoms with Crippen LogP contribution in [0.3, 0.4) is 0 Å². The maximum atomic E-state index is 13.0. The Labute approximate surface area is 142 Å². The van der Waals surface area contributed by atoms with Crippen LogP contribution in [0.1, 0.15) is 19.8 Å². The Kier molecular flexibility index (Phi) is 6.70. The zero-order chi connectivity index (χ0) is 17.6. The van der Waals surface area contributed by atoms with E-state index in [1.807, 2.05) is 6.92 Å². The summed E-state index contributed by atoms with van der Waals surface area (Å²) in [6.07, 6.45) is 0.794. The molecule has 0 radical (unpaired) electrons. The molecule has 1 aromatic carbocycles. The molecular weight excluding hydrogens is 333 g/mol. The molecule has 8 heteroatoms. The molecule has 0 saturated carbocycles. The molecule has 24 heavy (non-hydrogen) atoms. The number of carbonyl (C=O) groups excluding carboxylic acids is 1. The lowest BCUT2D eigenvalue weighted by Crippen LogP contribution is -2.47. The first-order chi connectivity index (χ1) is 11.4. The zero-order valence-electron chi connectivity index (χ0n) is 13.9. The van der Waals surface area contributed by atoms with Gasteiger partial charge < -0.3 is 10.2 Å². The Balaban J connectivity index is 2.04. The Bertz CT molecular complexity index is 643. The van der Waals surface area contributed by atoms with Gasteiger partial charge in [-0.3, -0.25) is 4.79 Å². The summed E-state index contributed by atoms with van der Waals surface area (Å²) in [6.45, 7) is 5.17. The van der Waals surface area contributed by atoms with Crippen molar-refractivity contribution in [2.24, 2.45) is 0 Å². The molecule has 0 unspecified atom stereocenters. The predicted octanol–water partition coefficient (Wildman–Crippen LogP) is 1.05. The van der Waals surface area contributed by atoms with Crippen LogP contribution in [-0.2, 0) is 14.8 Å². The maximum Gasteiger partial charge on any atom is 0.243 e. The first kappa shape index (κ1) is 18.8. The number of nitrogens with zero attached hydrogens (tertiary/aromatic N) is 2. The number of carbonyl (C=O) groups is 1. The summed E-state index contributed by atoms with van der Waals surface area (Å²) in [5.74, 6) is -0.517. The second-order valence-electron chi connectivity index (χ2n) is 5.74. The average Bonchev–Trinajstić information content (AvgIpc) is 2.59. The highest BCUT2D eigenvalue weighted by atomic mass is 32.2. The number of amides is 1. The lowest BCUT2D eigenvalue weighted by Gasteiger charge is -2.28. The van der Waals surface area contributed by atoms with Gasteiger partial charge in [0.2, 0.25) is 15.9 Å². The fraction of sp³-hybridized carbons (Fsp3) is 0.562. The quantitative estimate of drug-likeness (QED) is 0.792. The third-order valence-electron chi connectivity index (χ3n) is 3.97. The summed E-state index contributed by atoms with van der Waals surface area (Å²) in [5.41, 5.74) is 0. The summed E-state index contributed by atoms with van der Waals surface area (Å²) >= 11 is 0. The molecule has 2 rings (SSSR count). The van der Waals surface area contributed by atoms with Gasteiger partial charge in [-0.2, -0.15) is 4.31 Å². The Hall–Kier alpha value is -1.51. The molecule has 1 aliphatic heterocycles. The Morgan fingerprint density at radius 1 is 1.21 bits per heavy atom. The second kappa shape index (κ2) is 8.55. The van der Waals surface area contributed by atoms with Crippen LogP contribution in [0.25, 0.3) is 0 Å². The van der Waals surface area contributed by atoms with Gasteiger partial charge in [0.05, 0.1) is 4.90 Å². The van der Waals surface area contributed by atoms with E-state index < -0.39 is 15.8 Å². The van der Waals surface area contributed by atoms with Gasteiger partial charge in [0.1, 0.15) is 5.82 Å². The van der Waals surface area contributed by atoms with Crippen molar-refractivity contribution in [2.75, 3.05) is 39.3 Å². The van der Waals surface area contributed by atoms with Crippen molar-refractivity contribution in [1.82, 2.24) is 14.5 Å². The maximum absolute atomic E-state index is 13.0. The number of piperazine rings is 1. The molecule has 134 valence electrons. The smallest absolute Gasteiger partial charge is 0.243 e. The number of hydrogen-bond acceptors (Lipinski definition) is 4. The van der Waals surface area contributed by atoms with Crippen LogP contribution >= 0.6 is 0 Å².